The molecular weight excluding hydrogens is 498 g/mol. The number of fused-ring (bicyclic) bond motifs is 3. The van der Waals surface area contributed by atoms with Crippen LogP contribution in [0.2, 0.25) is 0 Å². The molecule has 2 aliphatic carbocycles. The Morgan fingerprint density at radius 2 is 2.03 bits per heavy atom. The summed E-state index contributed by atoms with van der Waals surface area (Å²) in [5, 5.41) is 9.85. The lowest BCUT2D eigenvalue weighted by Crippen LogP contribution is -2.56. The monoisotopic (exact) mass is 533 g/mol. The van der Waals surface area contributed by atoms with Crippen LogP contribution in [0.5, 0.6) is 0 Å². The molecule has 200 valence electrons. The molecule has 1 amide bonds. The molecule has 2 heterocycles. The lowest BCUT2D eigenvalue weighted by atomic mass is 9.70. The SMILES string of the molecule is CC1=CC2(CCc3c(nc(S(C)=O)nc3N3CCN(C(=O)OC(C)(C)C)[C@@H](CC#N)C3)C2)c2ccccc21. The van der Waals surface area contributed by atoms with Crippen molar-refractivity contribution in [2.45, 2.75) is 75.6 Å². The lowest BCUT2D eigenvalue weighted by molar-refractivity contribution is 0.0144. The van der Waals surface area contributed by atoms with Crippen molar-refractivity contribution in [3.8, 4) is 6.07 Å². The Bertz CT molecular complexity index is 1380. The van der Waals surface area contributed by atoms with E-state index in [0.29, 0.717) is 24.8 Å². The normalized spacial score (nSPS) is 23.4. The smallest absolute Gasteiger partial charge is 0.410 e. The minimum Gasteiger partial charge on any atom is -0.444 e. The summed E-state index contributed by atoms with van der Waals surface area (Å²) in [6.45, 7) is 9.11. The molecule has 9 heteroatoms. The molecule has 1 aliphatic heterocycles. The van der Waals surface area contributed by atoms with Gasteiger partial charge in [0.05, 0.1) is 35.0 Å². The molecule has 3 aliphatic rings. The Kier molecular flexibility index (Phi) is 6.80. The highest BCUT2D eigenvalue weighted by atomic mass is 32.2. The third-order valence-electron chi connectivity index (χ3n) is 7.73. The number of nitriles is 1. The summed E-state index contributed by atoms with van der Waals surface area (Å²) in [5.74, 6) is 0.786. The topological polar surface area (TPSA) is 99.4 Å². The predicted molar refractivity (Wildman–Crippen MR) is 147 cm³/mol. The number of hydrogen-bond donors (Lipinski definition) is 0. The molecule has 8 nitrogen and oxygen atoms in total. The summed E-state index contributed by atoms with van der Waals surface area (Å²) in [7, 11) is -1.35. The molecule has 38 heavy (non-hydrogen) atoms. The first kappa shape index (κ1) is 26.4. The van der Waals surface area contributed by atoms with Gasteiger partial charge in [-0.05, 0) is 57.2 Å². The first-order chi connectivity index (χ1) is 18.0. The number of carbonyl (C=O) groups is 1. The molecule has 1 spiro atoms. The fraction of sp³-hybridized carbons (Fsp3) is 0.517. The number of piperazine rings is 1. The van der Waals surface area contributed by atoms with Crippen LogP contribution in [0.4, 0.5) is 10.6 Å². The summed E-state index contributed by atoms with van der Waals surface area (Å²) in [4.78, 5) is 26.3. The van der Waals surface area contributed by atoms with Gasteiger partial charge in [0.15, 0.2) is 0 Å². The van der Waals surface area contributed by atoms with Gasteiger partial charge in [-0.25, -0.2) is 14.8 Å². The Balaban J connectivity index is 1.49. The summed E-state index contributed by atoms with van der Waals surface area (Å²) in [5.41, 5.74) is 5.21. The number of amides is 1. The highest BCUT2D eigenvalue weighted by molar-refractivity contribution is 7.84. The maximum atomic E-state index is 12.9. The highest BCUT2D eigenvalue weighted by Gasteiger charge is 2.42. The molecule has 0 radical (unpaired) electrons. The van der Waals surface area contributed by atoms with E-state index in [1.54, 1.807) is 11.2 Å². The zero-order valence-corrected chi connectivity index (χ0v) is 23.6. The van der Waals surface area contributed by atoms with Gasteiger partial charge in [0.2, 0.25) is 5.16 Å². The molecule has 5 rings (SSSR count). The Hall–Kier alpha value is -3.25. The van der Waals surface area contributed by atoms with Crippen LogP contribution < -0.4 is 4.90 Å². The molecule has 1 saturated heterocycles. The van der Waals surface area contributed by atoms with E-state index in [0.717, 1.165) is 36.3 Å². The highest BCUT2D eigenvalue weighted by Crippen LogP contribution is 2.49. The van der Waals surface area contributed by atoms with Crippen LogP contribution in [-0.4, -0.2) is 62.7 Å². The third-order valence-corrected chi connectivity index (χ3v) is 8.43. The number of carbonyl (C=O) groups excluding carboxylic acids is 1. The first-order valence-corrected chi connectivity index (χ1v) is 14.7. The molecule has 1 fully saturated rings. The van der Waals surface area contributed by atoms with Gasteiger partial charge in [0.25, 0.3) is 0 Å². The maximum absolute atomic E-state index is 12.9. The second-order valence-electron chi connectivity index (χ2n) is 11.6. The third kappa shape index (κ3) is 4.82. The van der Waals surface area contributed by atoms with Crippen LogP contribution in [-0.2, 0) is 33.8 Å². The van der Waals surface area contributed by atoms with Gasteiger partial charge in [0.1, 0.15) is 11.4 Å². The molecule has 2 aromatic rings. The van der Waals surface area contributed by atoms with E-state index in [9.17, 15) is 14.3 Å². The van der Waals surface area contributed by atoms with Crippen molar-refractivity contribution < 1.29 is 13.7 Å². The van der Waals surface area contributed by atoms with Gasteiger partial charge in [0, 0.05) is 43.3 Å². The van der Waals surface area contributed by atoms with Crippen molar-refractivity contribution in [2.75, 3.05) is 30.8 Å². The number of benzene rings is 1. The van der Waals surface area contributed by atoms with Crippen LogP contribution in [0.25, 0.3) is 5.57 Å². The number of ether oxygens (including phenoxy) is 1. The van der Waals surface area contributed by atoms with Gasteiger partial charge >= 0.3 is 6.09 Å². The molecule has 2 unspecified atom stereocenters. The number of rotatable bonds is 3. The van der Waals surface area contributed by atoms with Gasteiger partial charge in [-0.2, -0.15) is 5.26 Å². The van der Waals surface area contributed by atoms with Crippen molar-refractivity contribution in [1.29, 1.82) is 5.26 Å². The van der Waals surface area contributed by atoms with E-state index < -0.39 is 22.5 Å². The second kappa shape index (κ2) is 9.81. The maximum Gasteiger partial charge on any atom is 0.410 e. The van der Waals surface area contributed by atoms with Gasteiger partial charge < -0.3 is 14.5 Å². The fourth-order valence-electron chi connectivity index (χ4n) is 6.10. The van der Waals surface area contributed by atoms with Gasteiger partial charge in [-0.3, -0.25) is 4.21 Å². The van der Waals surface area contributed by atoms with Crippen LogP contribution in [0.15, 0.2) is 35.5 Å². The first-order valence-electron chi connectivity index (χ1n) is 13.2. The van der Waals surface area contributed by atoms with E-state index in [1.165, 1.54) is 16.7 Å². The van der Waals surface area contributed by atoms with Crippen molar-refractivity contribution in [3.05, 3.63) is 52.7 Å². The Labute approximate surface area is 227 Å². The van der Waals surface area contributed by atoms with Gasteiger partial charge in [-0.1, -0.05) is 30.3 Å². The van der Waals surface area contributed by atoms with Crippen LogP contribution >= 0.6 is 0 Å². The molecule has 0 N–H and O–H groups in total. The minimum atomic E-state index is -1.35. The zero-order valence-electron chi connectivity index (χ0n) is 22.8. The zero-order chi connectivity index (χ0) is 27.2. The quantitative estimate of drug-likeness (QED) is 0.539. The van der Waals surface area contributed by atoms with E-state index in [2.05, 4.69) is 48.2 Å². The average Bonchev–Trinajstić information content (AvgIpc) is 3.13. The minimum absolute atomic E-state index is 0.120. The molecule has 1 aromatic heterocycles. The fourth-order valence-corrected chi connectivity index (χ4v) is 6.55. The molecular formula is C29H35N5O3S. The van der Waals surface area contributed by atoms with Crippen molar-refractivity contribution in [2.24, 2.45) is 0 Å². The van der Waals surface area contributed by atoms with E-state index >= 15 is 0 Å². The van der Waals surface area contributed by atoms with E-state index in [-0.39, 0.29) is 17.9 Å². The van der Waals surface area contributed by atoms with Crippen LogP contribution in [0, 0.1) is 11.3 Å². The predicted octanol–water partition coefficient (Wildman–Crippen LogP) is 4.40. The summed E-state index contributed by atoms with van der Waals surface area (Å²) in [6.07, 6.45) is 6.26. The number of allylic oxidation sites excluding steroid dienone is 2. The lowest BCUT2D eigenvalue weighted by Gasteiger charge is -2.43. The van der Waals surface area contributed by atoms with Crippen molar-refractivity contribution in [1.82, 2.24) is 14.9 Å². The molecule has 3 atom stereocenters. The molecule has 1 aromatic carbocycles. The van der Waals surface area contributed by atoms with Crippen molar-refractivity contribution in [3.63, 3.8) is 0 Å². The average molecular weight is 534 g/mol. The number of aromatic nitrogens is 2. The Morgan fingerprint density at radius 3 is 2.74 bits per heavy atom. The van der Waals surface area contributed by atoms with Crippen molar-refractivity contribution >= 4 is 28.3 Å². The van der Waals surface area contributed by atoms with E-state index in [4.69, 9.17) is 14.7 Å². The van der Waals surface area contributed by atoms with Crippen LogP contribution in [0.3, 0.4) is 0 Å². The Morgan fingerprint density at radius 1 is 1.26 bits per heavy atom. The standard InChI is InChI=1S/C29H35N5O3S/c1-19-16-29(23-9-7-6-8-21(19)23)12-10-22-24(17-29)31-26(38(5)36)32-25(22)33-14-15-34(20(18-33)11-13-30)27(35)37-28(2,3)4/h6-9,16,20H,10-12,14-15,17-18H2,1-5H3/t20-,29?,38?/m0/s1. The molecule has 0 bridgehead atoms. The second-order valence-corrected chi connectivity index (χ2v) is 12.8. The van der Waals surface area contributed by atoms with Crippen LogP contribution in [0.1, 0.15) is 62.9 Å². The summed E-state index contributed by atoms with van der Waals surface area (Å²) in [6, 6.07) is 10.5. The largest absolute Gasteiger partial charge is 0.444 e. The number of hydrogen-bond acceptors (Lipinski definition) is 7. The number of anilines is 1. The number of nitrogens with zero attached hydrogens (tertiary/aromatic N) is 5. The van der Waals surface area contributed by atoms with E-state index in [1.807, 2.05) is 20.8 Å². The van der Waals surface area contributed by atoms with Gasteiger partial charge in [-0.15, -0.1) is 0 Å². The summed E-state index contributed by atoms with van der Waals surface area (Å²) < 4.78 is 18.2. The summed E-state index contributed by atoms with van der Waals surface area (Å²) >= 11 is 0. The molecule has 0 saturated carbocycles.